The first-order valence-corrected chi connectivity index (χ1v) is 5.65. The van der Waals surface area contributed by atoms with Gasteiger partial charge >= 0.3 is 0 Å². The smallest absolute Gasteiger partial charge is 0.297 e. The van der Waals surface area contributed by atoms with Gasteiger partial charge in [0, 0.05) is 0 Å². The summed E-state index contributed by atoms with van der Waals surface area (Å²) in [5.41, 5.74) is 0. The van der Waals surface area contributed by atoms with E-state index in [1.54, 1.807) is 12.1 Å². The molecule has 0 aromatic heterocycles. The Labute approximate surface area is 89.3 Å². The number of ether oxygens (including phenoxy) is 1. The van der Waals surface area contributed by atoms with Crippen molar-refractivity contribution in [2.24, 2.45) is 0 Å². The lowest BCUT2D eigenvalue weighted by Crippen LogP contribution is -2.06. The highest BCUT2D eigenvalue weighted by Crippen LogP contribution is 2.17. The predicted molar refractivity (Wildman–Crippen MR) is 56.3 cm³/mol. The van der Waals surface area contributed by atoms with Gasteiger partial charge < -0.3 is 4.74 Å². The van der Waals surface area contributed by atoms with E-state index in [1.807, 2.05) is 0 Å². The highest BCUT2D eigenvalue weighted by atomic mass is 32.2. The molecule has 0 atom stereocenters. The van der Waals surface area contributed by atoms with Crippen molar-refractivity contribution in [2.45, 2.75) is 4.90 Å². The molecule has 5 heteroatoms. The molecule has 4 nitrogen and oxygen atoms in total. The van der Waals surface area contributed by atoms with Crippen LogP contribution in [0.3, 0.4) is 0 Å². The van der Waals surface area contributed by atoms with Crippen LogP contribution in [0.2, 0.25) is 0 Å². The molecule has 0 aliphatic rings. The third kappa shape index (κ3) is 3.07. The minimum absolute atomic E-state index is 0.0334. The second-order valence-electron chi connectivity index (χ2n) is 2.70. The molecule has 0 saturated carbocycles. The van der Waals surface area contributed by atoms with Gasteiger partial charge in [0.2, 0.25) is 0 Å². The Morgan fingerprint density at radius 3 is 2.40 bits per heavy atom. The van der Waals surface area contributed by atoms with Crippen LogP contribution in [0.5, 0.6) is 5.75 Å². The van der Waals surface area contributed by atoms with Crippen molar-refractivity contribution in [1.82, 2.24) is 0 Å². The Balaban J connectivity index is 2.90. The second-order valence-corrected chi connectivity index (χ2v) is 4.32. The monoisotopic (exact) mass is 228 g/mol. The van der Waals surface area contributed by atoms with Crippen LogP contribution in [0.1, 0.15) is 0 Å². The highest BCUT2D eigenvalue weighted by molar-refractivity contribution is 7.86. The van der Waals surface area contributed by atoms with Gasteiger partial charge in [-0.3, -0.25) is 4.18 Å². The van der Waals surface area contributed by atoms with E-state index in [0.29, 0.717) is 5.75 Å². The van der Waals surface area contributed by atoms with Crippen LogP contribution in [0.15, 0.2) is 41.8 Å². The third-order valence-corrected chi connectivity index (χ3v) is 2.99. The number of hydrogen-bond donors (Lipinski definition) is 0. The molecule has 0 radical (unpaired) electrons. The summed E-state index contributed by atoms with van der Waals surface area (Å²) < 4.78 is 32.5. The summed E-state index contributed by atoms with van der Waals surface area (Å²) in [4.78, 5) is 0.102. The molecule has 0 aliphatic heterocycles. The highest BCUT2D eigenvalue weighted by Gasteiger charge is 2.13. The lowest BCUT2D eigenvalue weighted by Gasteiger charge is -2.04. The minimum atomic E-state index is -3.67. The fourth-order valence-corrected chi connectivity index (χ4v) is 1.83. The molecule has 0 amide bonds. The quantitative estimate of drug-likeness (QED) is 0.567. The van der Waals surface area contributed by atoms with E-state index in [2.05, 4.69) is 10.8 Å². The number of benzene rings is 1. The van der Waals surface area contributed by atoms with E-state index in [1.165, 1.54) is 25.3 Å². The Kier molecular flexibility index (Phi) is 3.88. The SMILES string of the molecule is C=CCOS(=O)(=O)c1ccc(OC)cc1. The third-order valence-electron chi connectivity index (χ3n) is 1.69. The topological polar surface area (TPSA) is 52.6 Å². The number of methoxy groups -OCH3 is 1. The molecule has 0 unspecified atom stereocenters. The molecule has 15 heavy (non-hydrogen) atoms. The van der Waals surface area contributed by atoms with Crippen LogP contribution < -0.4 is 4.74 Å². The standard InChI is InChI=1S/C10H12O4S/c1-3-8-14-15(11,12)10-6-4-9(13-2)5-7-10/h3-7H,1,8H2,2H3. The lowest BCUT2D eigenvalue weighted by atomic mass is 10.3. The maximum absolute atomic E-state index is 11.5. The van der Waals surface area contributed by atoms with E-state index in [-0.39, 0.29) is 11.5 Å². The van der Waals surface area contributed by atoms with E-state index in [4.69, 9.17) is 4.74 Å². The Bertz CT molecular complexity index is 419. The van der Waals surface area contributed by atoms with Crippen LogP contribution in [-0.2, 0) is 14.3 Å². The molecule has 0 N–H and O–H groups in total. The second kappa shape index (κ2) is 4.95. The molecular formula is C10H12O4S. The van der Waals surface area contributed by atoms with Crippen LogP contribution in [-0.4, -0.2) is 22.1 Å². The average molecular weight is 228 g/mol. The first-order chi connectivity index (χ1) is 7.10. The molecule has 0 bridgehead atoms. The zero-order valence-corrected chi connectivity index (χ0v) is 9.16. The van der Waals surface area contributed by atoms with Crippen LogP contribution in [0.4, 0.5) is 0 Å². The summed E-state index contributed by atoms with van der Waals surface area (Å²) in [6, 6.07) is 5.98. The summed E-state index contributed by atoms with van der Waals surface area (Å²) in [7, 11) is -2.16. The molecule has 82 valence electrons. The zero-order valence-electron chi connectivity index (χ0n) is 8.34. The van der Waals surface area contributed by atoms with Crippen molar-refractivity contribution in [1.29, 1.82) is 0 Å². The molecule has 1 rings (SSSR count). The first-order valence-electron chi connectivity index (χ1n) is 4.24. The van der Waals surface area contributed by atoms with Crippen molar-refractivity contribution in [3.8, 4) is 5.75 Å². The molecule has 0 aliphatic carbocycles. The zero-order chi connectivity index (χ0) is 11.3. The molecule has 1 aromatic carbocycles. The Morgan fingerprint density at radius 1 is 1.33 bits per heavy atom. The van der Waals surface area contributed by atoms with Crippen LogP contribution in [0, 0.1) is 0 Å². The summed E-state index contributed by atoms with van der Waals surface area (Å²) in [6.45, 7) is 3.34. The molecule has 1 aromatic rings. The fourth-order valence-electron chi connectivity index (χ4n) is 0.948. The number of hydrogen-bond acceptors (Lipinski definition) is 4. The van der Waals surface area contributed by atoms with Gasteiger partial charge in [-0.1, -0.05) is 6.08 Å². The van der Waals surface area contributed by atoms with Gasteiger partial charge in [0.15, 0.2) is 0 Å². The summed E-state index contributed by atoms with van der Waals surface area (Å²) in [5.74, 6) is 0.595. The van der Waals surface area contributed by atoms with Crippen molar-refractivity contribution >= 4 is 10.1 Å². The minimum Gasteiger partial charge on any atom is -0.497 e. The normalized spacial score (nSPS) is 11.0. The number of rotatable bonds is 5. The van der Waals surface area contributed by atoms with Crippen molar-refractivity contribution in [2.75, 3.05) is 13.7 Å². The summed E-state index contributed by atoms with van der Waals surface area (Å²) >= 11 is 0. The van der Waals surface area contributed by atoms with Gasteiger partial charge in [0.25, 0.3) is 10.1 Å². The van der Waals surface area contributed by atoms with Gasteiger partial charge in [-0.05, 0) is 24.3 Å². The maximum Gasteiger partial charge on any atom is 0.297 e. The van der Waals surface area contributed by atoms with Crippen LogP contribution >= 0.6 is 0 Å². The average Bonchev–Trinajstić information content (AvgIpc) is 2.26. The largest absolute Gasteiger partial charge is 0.497 e. The van der Waals surface area contributed by atoms with Gasteiger partial charge in [-0.2, -0.15) is 8.42 Å². The Morgan fingerprint density at radius 2 is 1.93 bits per heavy atom. The predicted octanol–water partition coefficient (Wildman–Crippen LogP) is 1.59. The molecular weight excluding hydrogens is 216 g/mol. The van der Waals surface area contributed by atoms with E-state index < -0.39 is 10.1 Å². The van der Waals surface area contributed by atoms with Crippen molar-refractivity contribution < 1.29 is 17.3 Å². The summed E-state index contributed by atoms with van der Waals surface area (Å²) in [5, 5.41) is 0. The maximum atomic E-state index is 11.5. The molecule has 0 fully saturated rings. The van der Waals surface area contributed by atoms with Crippen molar-refractivity contribution in [3.05, 3.63) is 36.9 Å². The Hall–Kier alpha value is -1.33. The van der Waals surface area contributed by atoms with Crippen molar-refractivity contribution in [3.63, 3.8) is 0 Å². The van der Waals surface area contributed by atoms with Gasteiger partial charge in [-0.25, -0.2) is 0 Å². The van der Waals surface area contributed by atoms with Gasteiger partial charge in [-0.15, -0.1) is 6.58 Å². The van der Waals surface area contributed by atoms with E-state index in [0.717, 1.165) is 0 Å². The summed E-state index contributed by atoms with van der Waals surface area (Å²) in [6.07, 6.45) is 1.38. The lowest BCUT2D eigenvalue weighted by molar-refractivity contribution is 0.357. The molecule has 0 saturated heterocycles. The molecule has 0 spiro atoms. The van der Waals surface area contributed by atoms with E-state index in [9.17, 15) is 8.42 Å². The first kappa shape index (κ1) is 11.7. The van der Waals surface area contributed by atoms with Gasteiger partial charge in [0.1, 0.15) is 5.75 Å². The molecule has 0 heterocycles. The fraction of sp³-hybridized carbons (Fsp3) is 0.200. The van der Waals surface area contributed by atoms with E-state index >= 15 is 0 Å². The van der Waals surface area contributed by atoms with Crippen LogP contribution in [0.25, 0.3) is 0 Å². The van der Waals surface area contributed by atoms with Gasteiger partial charge in [0.05, 0.1) is 18.6 Å².